The van der Waals surface area contributed by atoms with Crippen molar-refractivity contribution in [1.29, 1.82) is 5.26 Å². The Labute approximate surface area is 131 Å². The standard InChI is InChI=1S/C16H13N3O4/c17-10-12-9-13(19(22)23)6-7-14(12)18-15(16(20)21)8-11-4-2-1-3-5-11/h1-7,9,15,18H,8H2,(H,20,21). The number of rotatable bonds is 6. The van der Waals surface area contributed by atoms with Crippen molar-refractivity contribution in [3.63, 3.8) is 0 Å². The SMILES string of the molecule is N#Cc1cc([N+](=O)[O-])ccc1NC(Cc1ccccc1)C(=O)O. The first-order valence-electron chi connectivity index (χ1n) is 6.73. The van der Waals surface area contributed by atoms with Gasteiger partial charge >= 0.3 is 5.97 Å². The van der Waals surface area contributed by atoms with Gasteiger partial charge in [-0.15, -0.1) is 0 Å². The number of carboxylic acid groups (broad SMARTS) is 1. The van der Waals surface area contributed by atoms with Crippen molar-refractivity contribution in [3.8, 4) is 6.07 Å². The second-order valence-corrected chi connectivity index (χ2v) is 4.82. The van der Waals surface area contributed by atoms with E-state index in [-0.39, 0.29) is 23.4 Å². The van der Waals surface area contributed by atoms with Gasteiger partial charge in [0.2, 0.25) is 0 Å². The Morgan fingerprint density at radius 1 is 1.30 bits per heavy atom. The summed E-state index contributed by atoms with van der Waals surface area (Å²) in [6, 6.07) is 13.6. The zero-order valence-electron chi connectivity index (χ0n) is 12.0. The summed E-state index contributed by atoms with van der Waals surface area (Å²) < 4.78 is 0. The highest BCUT2D eigenvalue weighted by molar-refractivity contribution is 5.79. The predicted molar refractivity (Wildman–Crippen MR) is 83.0 cm³/mol. The molecule has 0 spiro atoms. The molecule has 0 aliphatic heterocycles. The number of nitriles is 1. The van der Waals surface area contributed by atoms with Gasteiger partial charge in [0.25, 0.3) is 5.69 Å². The van der Waals surface area contributed by atoms with E-state index >= 15 is 0 Å². The van der Waals surface area contributed by atoms with E-state index in [0.717, 1.165) is 11.6 Å². The third-order valence-electron chi connectivity index (χ3n) is 3.24. The summed E-state index contributed by atoms with van der Waals surface area (Å²) >= 11 is 0. The maximum Gasteiger partial charge on any atom is 0.326 e. The first-order chi connectivity index (χ1) is 11.0. The van der Waals surface area contributed by atoms with Gasteiger partial charge in [-0.2, -0.15) is 5.26 Å². The molecule has 2 aromatic rings. The van der Waals surface area contributed by atoms with Gasteiger partial charge in [0.1, 0.15) is 12.1 Å². The van der Waals surface area contributed by atoms with Crippen LogP contribution in [0.1, 0.15) is 11.1 Å². The van der Waals surface area contributed by atoms with Gasteiger partial charge in [-0.3, -0.25) is 10.1 Å². The van der Waals surface area contributed by atoms with Gasteiger partial charge in [-0.05, 0) is 11.6 Å². The molecule has 0 fully saturated rings. The zero-order valence-corrected chi connectivity index (χ0v) is 12.0. The average Bonchev–Trinajstić information content (AvgIpc) is 2.55. The average molecular weight is 311 g/mol. The summed E-state index contributed by atoms with van der Waals surface area (Å²) in [6.45, 7) is 0. The monoisotopic (exact) mass is 311 g/mol. The summed E-state index contributed by atoms with van der Waals surface area (Å²) in [6.07, 6.45) is 0.220. The Hall–Kier alpha value is -3.40. The number of aliphatic carboxylic acids is 1. The van der Waals surface area contributed by atoms with Crippen molar-refractivity contribution in [2.75, 3.05) is 5.32 Å². The van der Waals surface area contributed by atoms with Crippen LogP contribution in [0.4, 0.5) is 11.4 Å². The van der Waals surface area contributed by atoms with E-state index in [1.807, 2.05) is 12.1 Å². The molecule has 0 saturated carbocycles. The normalized spacial score (nSPS) is 11.3. The molecule has 0 aliphatic carbocycles. The van der Waals surface area contributed by atoms with E-state index in [1.165, 1.54) is 12.1 Å². The van der Waals surface area contributed by atoms with Crippen molar-refractivity contribution in [2.24, 2.45) is 0 Å². The molecule has 0 bridgehead atoms. The molecule has 116 valence electrons. The maximum absolute atomic E-state index is 11.4. The van der Waals surface area contributed by atoms with Crippen molar-refractivity contribution in [3.05, 3.63) is 69.8 Å². The lowest BCUT2D eigenvalue weighted by Gasteiger charge is -2.16. The maximum atomic E-state index is 11.4. The molecule has 0 radical (unpaired) electrons. The van der Waals surface area contributed by atoms with Gasteiger partial charge in [-0.1, -0.05) is 30.3 Å². The van der Waals surface area contributed by atoms with Gasteiger partial charge in [0.05, 0.1) is 16.2 Å². The smallest absolute Gasteiger partial charge is 0.326 e. The predicted octanol–water partition coefficient (Wildman–Crippen LogP) is 2.57. The number of nitro benzene ring substituents is 1. The van der Waals surface area contributed by atoms with Crippen LogP contribution < -0.4 is 5.32 Å². The van der Waals surface area contributed by atoms with E-state index in [4.69, 9.17) is 5.26 Å². The summed E-state index contributed by atoms with van der Waals surface area (Å²) in [4.78, 5) is 21.6. The number of hydrogen-bond acceptors (Lipinski definition) is 5. The molecule has 2 N–H and O–H groups in total. The van der Waals surface area contributed by atoms with Crippen LogP contribution in [0.15, 0.2) is 48.5 Å². The van der Waals surface area contributed by atoms with E-state index in [2.05, 4.69) is 5.32 Å². The number of nitrogens with zero attached hydrogens (tertiary/aromatic N) is 2. The first-order valence-corrected chi connectivity index (χ1v) is 6.73. The molecule has 0 aliphatic rings. The molecule has 7 heteroatoms. The van der Waals surface area contributed by atoms with Gasteiger partial charge < -0.3 is 10.4 Å². The van der Waals surface area contributed by atoms with E-state index in [9.17, 15) is 20.0 Å². The number of non-ortho nitro benzene ring substituents is 1. The minimum absolute atomic E-state index is 0.0264. The minimum Gasteiger partial charge on any atom is -0.480 e. The zero-order chi connectivity index (χ0) is 16.8. The number of nitro groups is 1. The van der Waals surface area contributed by atoms with E-state index in [1.54, 1.807) is 24.3 Å². The van der Waals surface area contributed by atoms with Crippen LogP contribution in [0.25, 0.3) is 0 Å². The minimum atomic E-state index is -1.07. The topological polar surface area (TPSA) is 116 Å². The Kier molecular flexibility index (Phi) is 4.89. The van der Waals surface area contributed by atoms with Crippen LogP contribution in [-0.2, 0) is 11.2 Å². The molecule has 0 saturated heterocycles. The fourth-order valence-corrected chi connectivity index (χ4v) is 2.10. The highest BCUT2D eigenvalue weighted by Gasteiger charge is 2.20. The summed E-state index contributed by atoms with van der Waals surface area (Å²) in [5, 5.41) is 32.0. The molecule has 1 atom stereocenters. The highest BCUT2D eigenvalue weighted by atomic mass is 16.6. The molecule has 0 aromatic heterocycles. The van der Waals surface area contributed by atoms with Gasteiger partial charge in [0.15, 0.2) is 0 Å². The summed E-state index contributed by atoms with van der Waals surface area (Å²) in [7, 11) is 0. The van der Waals surface area contributed by atoms with Crippen molar-refractivity contribution >= 4 is 17.3 Å². The van der Waals surface area contributed by atoms with Crippen LogP contribution in [0.5, 0.6) is 0 Å². The van der Waals surface area contributed by atoms with Crippen molar-refractivity contribution in [1.82, 2.24) is 0 Å². The fourth-order valence-electron chi connectivity index (χ4n) is 2.10. The van der Waals surface area contributed by atoms with Crippen molar-refractivity contribution in [2.45, 2.75) is 12.5 Å². The van der Waals surface area contributed by atoms with Crippen LogP contribution in [0.2, 0.25) is 0 Å². The number of hydrogen-bond donors (Lipinski definition) is 2. The highest BCUT2D eigenvalue weighted by Crippen LogP contribution is 2.22. The van der Waals surface area contributed by atoms with Crippen LogP contribution >= 0.6 is 0 Å². The molecular weight excluding hydrogens is 298 g/mol. The van der Waals surface area contributed by atoms with Crippen LogP contribution in [-0.4, -0.2) is 22.0 Å². The Morgan fingerprint density at radius 3 is 2.57 bits per heavy atom. The molecule has 1 unspecified atom stereocenters. The molecule has 7 nitrogen and oxygen atoms in total. The van der Waals surface area contributed by atoms with E-state index in [0.29, 0.717) is 0 Å². The lowest BCUT2D eigenvalue weighted by atomic mass is 10.0. The number of nitrogens with one attached hydrogen (secondary N) is 1. The third kappa shape index (κ3) is 4.04. The molecule has 2 aromatic carbocycles. The third-order valence-corrected chi connectivity index (χ3v) is 3.24. The number of carbonyl (C=O) groups is 1. The number of carboxylic acids is 1. The molecule has 2 rings (SSSR count). The van der Waals surface area contributed by atoms with Crippen LogP contribution in [0, 0.1) is 21.4 Å². The largest absolute Gasteiger partial charge is 0.480 e. The van der Waals surface area contributed by atoms with Crippen LogP contribution in [0.3, 0.4) is 0 Å². The number of benzene rings is 2. The fraction of sp³-hybridized carbons (Fsp3) is 0.125. The Balaban J connectivity index is 2.25. The molecule has 0 heterocycles. The molecule has 23 heavy (non-hydrogen) atoms. The Bertz CT molecular complexity index is 769. The lowest BCUT2D eigenvalue weighted by Crippen LogP contribution is -2.31. The van der Waals surface area contributed by atoms with Crippen molar-refractivity contribution < 1.29 is 14.8 Å². The first kappa shape index (κ1) is 16.0. The lowest BCUT2D eigenvalue weighted by molar-refractivity contribution is -0.384. The second kappa shape index (κ2) is 7.04. The van der Waals surface area contributed by atoms with Gasteiger partial charge in [0, 0.05) is 18.6 Å². The second-order valence-electron chi connectivity index (χ2n) is 4.82. The number of anilines is 1. The molecule has 0 amide bonds. The Morgan fingerprint density at radius 2 is 2.00 bits per heavy atom. The van der Waals surface area contributed by atoms with Gasteiger partial charge in [-0.25, -0.2) is 4.79 Å². The summed E-state index contributed by atoms with van der Waals surface area (Å²) in [5.74, 6) is -1.07. The molecular formula is C16H13N3O4. The summed E-state index contributed by atoms with van der Waals surface area (Å²) in [5.41, 5.74) is 0.884. The van der Waals surface area contributed by atoms with E-state index < -0.39 is 16.9 Å². The quantitative estimate of drug-likeness (QED) is 0.625.